The van der Waals surface area contributed by atoms with E-state index in [1.165, 1.54) is 24.3 Å². The molecule has 1 aromatic rings. The Morgan fingerprint density at radius 1 is 1.46 bits per heavy atom. The van der Waals surface area contributed by atoms with Gasteiger partial charge in [-0.1, -0.05) is 23.7 Å². The summed E-state index contributed by atoms with van der Waals surface area (Å²) in [6.07, 6.45) is 0.830. The maximum atomic E-state index is 12.4. The van der Waals surface area contributed by atoms with Crippen molar-refractivity contribution in [1.29, 1.82) is 0 Å². The molecule has 0 atom stereocenters. The number of nitrogens with zero attached hydrogens (tertiary/aromatic N) is 1. The van der Waals surface area contributed by atoms with Crippen LogP contribution in [0.3, 0.4) is 0 Å². The summed E-state index contributed by atoms with van der Waals surface area (Å²) in [6.45, 7) is 0. The van der Waals surface area contributed by atoms with E-state index in [2.05, 4.69) is 0 Å². The molecule has 0 heterocycles. The van der Waals surface area contributed by atoms with Crippen molar-refractivity contribution in [2.75, 3.05) is 0 Å². The quantitative estimate of drug-likeness (QED) is 0.420. The van der Waals surface area contributed by atoms with Crippen LogP contribution in [0.15, 0.2) is 30.2 Å². The first-order valence-corrected chi connectivity index (χ1v) is 3.74. The summed E-state index contributed by atoms with van der Waals surface area (Å²) >= 11 is 5.56. The Balaban J connectivity index is 2.92. The molecule has 0 amide bonds. The summed E-state index contributed by atoms with van der Waals surface area (Å²) in [5.41, 5.74) is 0.401. The molecule has 0 saturated heterocycles. The molecule has 3 nitrogen and oxygen atoms in total. The Kier molecular flexibility index (Phi) is 2.97. The van der Waals surface area contributed by atoms with Crippen LogP contribution in [-0.4, -0.2) is 4.92 Å². The summed E-state index contributed by atoms with van der Waals surface area (Å²) in [4.78, 5) is 8.82. The molecule has 0 saturated carbocycles. The Labute approximate surface area is 78.6 Å². The summed E-state index contributed by atoms with van der Waals surface area (Å²) in [5, 5.41) is 10.4. The van der Waals surface area contributed by atoms with Crippen LogP contribution in [0.5, 0.6) is 0 Å². The van der Waals surface area contributed by atoms with E-state index in [9.17, 15) is 14.5 Å². The third-order valence-corrected chi connectivity index (χ3v) is 1.58. The molecule has 0 unspecified atom stereocenters. The van der Waals surface area contributed by atoms with Crippen LogP contribution in [0.4, 0.5) is 4.39 Å². The zero-order valence-corrected chi connectivity index (χ0v) is 7.16. The highest BCUT2D eigenvalue weighted by Gasteiger charge is 2.06. The van der Waals surface area contributed by atoms with Gasteiger partial charge in [0.15, 0.2) is 0 Å². The number of halogens is 2. The van der Waals surface area contributed by atoms with Crippen molar-refractivity contribution in [3.8, 4) is 0 Å². The minimum absolute atomic E-state index is 0.401. The van der Waals surface area contributed by atoms with Crippen molar-refractivity contribution in [1.82, 2.24) is 0 Å². The van der Waals surface area contributed by atoms with Crippen LogP contribution in [0, 0.1) is 10.1 Å². The van der Waals surface area contributed by atoms with Gasteiger partial charge in [0.1, 0.15) is 0 Å². The van der Waals surface area contributed by atoms with E-state index in [0.717, 1.165) is 6.08 Å². The minimum atomic E-state index is -1.39. The maximum absolute atomic E-state index is 12.4. The Hall–Kier alpha value is -1.42. The number of nitro groups is 1. The van der Waals surface area contributed by atoms with Gasteiger partial charge >= 0.3 is 5.95 Å². The van der Waals surface area contributed by atoms with Gasteiger partial charge in [0, 0.05) is 5.02 Å². The van der Waals surface area contributed by atoms with Gasteiger partial charge in [0.05, 0.1) is 11.0 Å². The first-order valence-electron chi connectivity index (χ1n) is 3.37. The minimum Gasteiger partial charge on any atom is -0.256 e. The van der Waals surface area contributed by atoms with E-state index in [4.69, 9.17) is 11.6 Å². The molecule has 0 aliphatic rings. The maximum Gasteiger partial charge on any atom is 0.419 e. The van der Waals surface area contributed by atoms with E-state index in [-0.39, 0.29) is 0 Å². The Bertz CT molecular complexity index is 348. The molecule has 0 spiro atoms. The van der Waals surface area contributed by atoms with Crippen molar-refractivity contribution < 1.29 is 9.31 Å². The second-order valence-electron chi connectivity index (χ2n) is 2.28. The molecular formula is C8H5ClFNO2. The Morgan fingerprint density at radius 2 is 2.00 bits per heavy atom. The van der Waals surface area contributed by atoms with Gasteiger partial charge in [-0.2, -0.15) is 0 Å². The first kappa shape index (κ1) is 9.67. The van der Waals surface area contributed by atoms with Crippen molar-refractivity contribution in [2.24, 2.45) is 0 Å². The van der Waals surface area contributed by atoms with Gasteiger partial charge in [-0.3, -0.25) is 10.1 Å². The van der Waals surface area contributed by atoms with E-state index in [1.807, 2.05) is 0 Å². The average molecular weight is 202 g/mol. The normalized spacial score (nSPS) is 11.4. The third kappa shape index (κ3) is 2.83. The van der Waals surface area contributed by atoms with Gasteiger partial charge < -0.3 is 0 Å². The second kappa shape index (κ2) is 4.00. The number of hydrogen-bond donors (Lipinski definition) is 0. The molecule has 0 aliphatic heterocycles. The van der Waals surface area contributed by atoms with Crippen LogP contribution < -0.4 is 0 Å². The van der Waals surface area contributed by atoms with Crippen LogP contribution in [-0.2, 0) is 0 Å². The van der Waals surface area contributed by atoms with Crippen molar-refractivity contribution >= 4 is 17.7 Å². The average Bonchev–Trinajstić information content (AvgIpc) is 2.08. The number of rotatable bonds is 2. The summed E-state index contributed by atoms with van der Waals surface area (Å²) in [5.74, 6) is -1.39. The molecule has 0 aliphatic carbocycles. The molecule has 1 rings (SSSR count). The van der Waals surface area contributed by atoms with Crippen LogP contribution in [0.2, 0.25) is 5.02 Å². The van der Waals surface area contributed by atoms with Crippen LogP contribution >= 0.6 is 11.6 Å². The van der Waals surface area contributed by atoms with Crippen LogP contribution in [0.1, 0.15) is 5.56 Å². The monoisotopic (exact) mass is 201 g/mol. The van der Waals surface area contributed by atoms with E-state index in [0.29, 0.717) is 10.6 Å². The zero-order valence-electron chi connectivity index (χ0n) is 6.41. The summed E-state index contributed by atoms with van der Waals surface area (Å²) in [7, 11) is 0. The summed E-state index contributed by atoms with van der Waals surface area (Å²) in [6, 6.07) is 6.04. The van der Waals surface area contributed by atoms with E-state index >= 15 is 0 Å². The van der Waals surface area contributed by atoms with Crippen LogP contribution in [0.25, 0.3) is 6.08 Å². The zero-order chi connectivity index (χ0) is 9.84. The molecule has 68 valence electrons. The molecular weight excluding hydrogens is 197 g/mol. The van der Waals surface area contributed by atoms with Gasteiger partial charge in [-0.05, 0) is 17.7 Å². The highest BCUT2D eigenvalue weighted by Crippen LogP contribution is 2.12. The summed E-state index contributed by atoms with van der Waals surface area (Å²) < 4.78 is 12.4. The smallest absolute Gasteiger partial charge is 0.256 e. The molecule has 0 bridgehead atoms. The fourth-order valence-electron chi connectivity index (χ4n) is 0.749. The lowest BCUT2D eigenvalue weighted by atomic mass is 10.2. The topological polar surface area (TPSA) is 43.1 Å². The van der Waals surface area contributed by atoms with Crippen molar-refractivity contribution in [3.05, 3.63) is 50.9 Å². The van der Waals surface area contributed by atoms with E-state index < -0.39 is 10.9 Å². The molecule has 5 heteroatoms. The van der Waals surface area contributed by atoms with Gasteiger partial charge in [-0.15, -0.1) is 4.39 Å². The van der Waals surface area contributed by atoms with Gasteiger partial charge in [-0.25, -0.2) is 0 Å². The fourth-order valence-corrected chi connectivity index (χ4v) is 0.875. The number of benzene rings is 1. The van der Waals surface area contributed by atoms with Gasteiger partial charge in [0.25, 0.3) is 0 Å². The molecule has 0 fully saturated rings. The molecule has 1 aromatic carbocycles. The van der Waals surface area contributed by atoms with Gasteiger partial charge in [0.2, 0.25) is 0 Å². The fraction of sp³-hybridized carbons (Fsp3) is 0. The SMILES string of the molecule is O=[N+]([O-])/C(F)=C/c1ccc(Cl)cc1. The molecule has 13 heavy (non-hydrogen) atoms. The highest BCUT2D eigenvalue weighted by molar-refractivity contribution is 6.30. The molecule has 0 N–H and O–H groups in total. The standard InChI is InChI=1S/C8H5ClFNO2/c9-7-3-1-6(2-4-7)5-8(10)11(12)13/h1-5H/b8-5+. The van der Waals surface area contributed by atoms with Crippen molar-refractivity contribution in [2.45, 2.75) is 0 Å². The number of hydrogen-bond acceptors (Lipinski definition) is 2. The lowest BCUT2D eigenvalue weighted by molar-refractivity contribution is -0.445. The lowest BCUT2D eigenvalue weighted by Gasteiger charge is -1.91. The second-order valence-corrected chi connectivity index (χ2v) is 2.71. The van der Waals surface area contributed by atoms with E-state index in [1.54, 1.807) is 0 Å². The predicted octanol–water partition coefficient (Wildman–Crippen LogP) is 2.88. The first-order chi connectivity index (χ1) is 6.09. The van der Waals surface area contributed by atoms with Crippen molar-refractivity contribution in [3.63, 3.8) is 0 Å². The highest BCUT2D eigenvalue weighted by atomic mass is 35.5. The largest absolute Gasteiger partial charge is 0.419 e. The predicted molar refractivity (Wildman–Crippen MR) is 47.5 cm³/mol. The third-order valence-electron chi connectivity index (χ3n) is 1.33. The molecule has 0 radical (unpaired) electrons. The Morgan fingerprint density at radius 3 is 2.46 bits per heavy atom. The lowest BCUT2D eigenvalue weighted by Crippen LogP contribution is -1.91. The molecule has 0 aromatic heterocycles.